The lowest BCUT2D eigenvalue weighted by Gasteiger charge is -2.10. The molecular formula is C20H14F2N4OS. The lowest BCUT2D eigenvalue weighted by Crippen LogP contribution is -2.00. The van der Waals surface area contributed by atoms with E-state index in [1.54, 1.807) is 36.7 Å². The van der Waals surface area contributed by atoms with Crippen LogP contribution in [0.25, 0.3) is 10.7 Å². The summed E-state index contributed by atoms with van der Waals surface area (Å²) in [6.45, 7) is 0.0498. The van der Waals surface area contributed by atoms with Crippen molar-refractivity contribution >= 4 is 23.0 Å². The Kier molecular flexibility index (Phi) is 5.20. The molecular weight excluding hydrogens is 382 g/mol. The molecule has 0 bridgehead atoms. The monoisotopic (exact) mass is 396 g/mol. The Bertz CT molecular complexity index is 1070. The van der Waals surface area contributed by atoms with Crippen LogP contribution in [-0.4, -0.2) is 15.0 Å². The minimum Gasteiger partial charge on any atom is -0.489 e. The standard InChI is InChI=1S/C20H14F2N4OS/c21-14-8-13(9-15(22)10-14)12-27-17-3-1-2-16(11-17)25-20-24-5-4-18(26-20)19-23-6-7-28-19/h1-11H,12H2,(H,24,25,26). The van der Waals surface area contributed by atoms with Gasteiger partial charge < -0.3 is 10.1 Å². The highest BCUT2D eigenvalue weighted by atomic mass is 32.1. The summed E-state index contributed by atoms with van der Waals surface area (Å²) in [6, 6.07) is 12.3. The quantitative estimate of drug-likeness (QED) is 0.485. The molecule has 28 heavy (non-hydrogen) atoms. The summed E-state index contributed by atoms with van der Waals surface area (Å²) in [6.07, 6.45) is 3.38. The van der Waals surface area contributed by atoms with Gasteiger partial charge in [0, 0.05) is 35.6 Å². The molecule has 1 N–H and O–H groups in total. The molecule has 0 spiro atoms. The highest BCUT2D eigenvalue weighted by Gasteiger charge is 2.06. The van der Waals surface area contributed by atoms with Crippen LogP contribution in [0.15, 0.2) is 66.3 Å². The number of hydrogen-bond acceptors (Lipinski definition) is 6. The van der Waals surface area contributed by atoms with Crippen molar-refractivity contribution in [1.29, 1.82) is 0 Å². The van der Waals surface area contributed by atoms with Gasteiger partial charge in [0.1, 0.15) is 34.7 Å². The zero-order chi connectivity index (χ0) is 19.3. The number of benzene rings is 2. The fourth-order valence-electron chi connectivity index (χ4n) is 2.54. The van der Waals surface area contributed by atoms with E-state index in [0.717, 1.165) is 22.5 Å². The van der Waals surface area contributed by atoms with E-state index in [-0.39, 0.29) is 6.61 Å². The molecule has 0 fully saturated rings. The predicted octanol–water partition coefficient (Wildman–Crippen LogP) is 5.20. The van der Waals surface area contributed by atoms with Crippen molar-refractivity contribution in [3.8, 4) is 16.5 Å². The number of anilines is 2. The Morgan fingerprint density at radius 3 is 2.61 bits per heavy atom. The summed E-state index contributed by atoms with van der Waals surface area (Å²) in [5.74, 6) is -0.291. The first-order chi connectivity index (χ1) is 13.7. The number of rotatable bonds is 6. The van der Waals surface area contributed by atoms with Gasteiger partial charge in [-0.3, -0.25) is 0 Å². The van der Waals surface area contributed by atoms with Crippen LogP contribution < -0.4 is 10.1 Å². The lowest BCUT2D eigenvalue weighted by molar-refractivity contribution is 0.305. The molecule has 0 unspecified atom stereocenters. The van der Waals surface area contributed by atoms with Gasteiger partial charge in [0.2, 0.25) is 5.95 Å². The molecule has 0 aliphatic rings. The van der Waals surface area contributed by atoms with Crippen LogP contribution in [0.4, 0.5) is 20.4 Å². The third-order valence-electron chi connectivity index (χ3n) is 3.73. The van der Waals surface area contributed by atoms with Gasteiger partial charge in [0.15, 0.2) is 0 Å². The van der Waals surface area contributed by atoms with Gasteiger partial charge in [-0.25, -0.2) is 23.7 Å². The van der Waals surface area contributed by atoms with Gasteiger partial charge >= 0.3 is 0 Å². The predicted molar refractivity (Wildman–Crippen MR) is 104 cm³/mol. The molecule has 0 amide bonds. The summed E-state index contributed by atoms with van der Waals surface area (Å²) in [5.41, 5.74) is 1.86. The molecule has 5 nitrogen and oxygen atoms in total. The molecule has 4 rings (SSSR count). The maximum Gasteiger partial charge on any atom is 0.227 e. The van der Waals surface area contributed by atoms with E-state index < -0.39 is 11.6 Å². The van der Waals surface area contributed by atoms with Gasteiger partial charge in [0.05, 0.1) is 0 Å². The first-order valence-electron chi connectivity index (χ1n) is 8.33. The van der Waals surface area contributed by atoms with Crippen LogP contribution in [0, 0.1) is 11.6 Å². The highest BCUT2D eigenvalue weighted by molar-refractivity contribution is 7.13. The van der Waals surface area contributed by atoms with Crippen LogP contribution in [0.5, 0.6) is 5.75 Å². The second-order valence-corrected chi connectivity index (χ2v) is 6.72. The largest absolute Gasteiger partial charge is 0.489 e. The maximum atomic E-state index is 13.3. The number of ether oxygens (including phenoxy) is 1. The minimum atomic E-state index is -0.633. The maximum absolute atomic E-state index is 13.3. The van der Waals surface area contributed by atoms with Crippen LogP contribution in [0.1, 0.15) is 5.56 Å². The fourth-order valence-corrected chi connectivity index (χ4v) is 3.15. The van der Waals surface area contributed by atoms with Crippen molar-refractivity contribution in [2.75, 3.05) is 5.32 Å². The Morgan fingerprint density at radius 1 is 0.964 bits per heavy atom. The van der Waals surface area contributed by atoms with E-state index >= 15 is 0 Å². The molecule has 0 saturated carbocycles. The van der Waals surface area contributed by atoms with Gasteiger partial charge in [0.25, 0.3) is 0 Å². The molecule has 0 atom stereocenters. The molecule has 140 valence electrons. The molecule has 4 aromatic rings. The summed E-state index contributed by atoms with van der Waals surface area (Å²) >= 11 is 1.50. The van der Waals surface area contributed by atoms with E-state index in [0.29, 0.717) is 17.3 Å². The molecule has 0 aliphatic carbocycles. The second-order valence-electron chi connectivity index (χ2n) is 5.82. The van der Waals surface area contributed by atoms with E-state index in [1.165, 1.54) is 23.5 Å². The topological polar surface area (TPSA) is 59.9 Å². The summed E-state index contributed by atoms with van der Waals surface area (Å²) in [5, 5.41) is 5.81. The Morgan fingerprint density at radius 2 is 1.82 bits per heavy atom. The normalized spacial score (nSPS) is 10.6. The molecule has 0 radical (unpaired) electrons. The van der Waals surface area contributed by atoms with Crippen molar-refractivity contribution in [1.82, 2.24) is 15.0 Å². The fraction of sp³-hybridized carbons (Fsp3) is 0.0500. The summed E-state index contributed by atoms with van der Waals surface area (Å²) < 4.78 is 32.2. The van der Waals surface area contributed by atoms with Gasteiger partial charge in [-0.1, -0.05) is 6.07 Å². The van der Waals surface area contributed by atoms with Crippen molar-refractivity contribution < 1.29 is 13.5 Å². The van der Waals surface area contributed by atoms with Crippen LogP contribution in [0.3, 0.4) is 0 Å². The van der Waals surface area contributed by atoms with Crippen LogP contribution >= 0.6 is 11.3 Å². The van der Waals surface area contributed by atoms with Gasteiger partial charge in [-0.15, -0.1) is 11.3 Å². The van der Waals surface area contributed by atoms with E-state index in [2.05, 4.69) is 20.3 Å². The van der Waals surface area contributed by atoms with Crippen molar-refractivity contribution in [3.05, 3.63) is 83.5 Å². The van der Waals surface area contributed by atoms with Crippen LogP contribution in [0.2, 0.25) is 0 Å². The first-order valence-corrected chi connectivity index (χ1v) is 9.21. The lowest BCUT2D eigenvalue weighted by atomic mass is 10.2. The number of hydrogen-bond donors (Lipinski definition) is 1. The Labute approximate surface area is 163 Å². The molecule has 0 saturated heterocycles. The highest BCUT2D eigenvalue weighted by Crippen LogP contribution is 2.23. The third kappa shape index (κ3) is 4.47. The van der Waals surface area contributed by atoms with Gasteiger partial charge in [-0.05, 0) is 35.9 Å². The van der Waals surface area contributed by atoms with Crippen molar-refractivity contribution in [3.63, 3.8) is 0 Å². The summed E-state index contributed by atoms with van der Waals surface area (Å²) in [7, 11) is 0. The zero-order valence-electron chi connectivity index (χ0n) is 14.5. The second kappa shape index (κ2) is 8.10. The first kappa shape index (κ1) is 18.0. The summed E-state index contributed by atoms with van der Waals surface area (Å²) in [4.78, 5) is 12.9. The Balaban J connectivity index is 1.46. The number of nitrogens with one attached hydrogen (secondary N) is 1. The van der Waals surface area contributed by atoms with E-state index in [9.17, 15) is 8.78 Å². The van der Waals surface area contributed by atoms with Crippen LogP contribution in [-0.2, 0) is 6.61 Å². The molecule has 0 aliphatic heterocycles. The Hall–Kier alpha value is -3.39. The number of thiazole rings is 1. The average molecular weight is 396 g/mol. The molecule has 2 aromatic carbocycles. The van der Waals surface area contributed by atoms with E-state index in [1.807, 2.05) is 11.4 Å². The molecule has 2 aromatic heterocycles. The van der Waals surface area contributed by atoms with E-state index in [4.69, 9.17) is 4.74 Å². The number of aromatic nitrogens is 3. The smallest absolute Gasteiger partial charge is 0.227 e. The zero-order valence-corrected chi connectivity index (χ0v) is 15.3. The van der Waals surface area contributed by atoms with Crippen molar-refractivity contribution in [2.24, 2.45) is 0 Å². The third-order valence-corrected chi connectivity index (χ3v) is 4.52. The SMILES string of the molecule is Fc1cc(F)cc(COc2cccc(Nc3nccc(-c4nccs4)n3)c2)c1. The number of halogens is 2. The molecule has 8 heteroatoms. The number of nitrogens with zero attached hydrogens (tertiary/aromatic N) is 3. The average Bonchev–Trinajstić information content (AvgIpc) is 3.21. The van der Waals surface area contributed by atoms with Crippen molar-refractivity contribution in [2.45, 2.75) is 6.61 Å². The molecule has 2 heterocycles. The van der Waals surface area contributed by atoms with Gasteiger partial charge in [-0.2, -0.15) is 0 Å². The minimum absolute atomic E-state index is 0.0498.